The van der Waals surface area contributed by atoms with E-state index in [0.717, 1.165) is 24.1 Å². The van der Waals surface area contributed by atoms with Crippen LogP contribution < -0.4 is 5.32 Å². The Bertz CT molecular complexity index is 514. The van der Waals surface area contributed by atoms with E-state index in [1.807, 2.05) is 31.2 Å². The Morgan fingerprint density at radius 3 is 2.75 bits per heavy atom. The summed E-state index contributed by atoms with van der Waals surface area (Å²) in [6, 6.07) is 7.10. The molecule has 1 fully saturated rings. The number of anilines is 1. The van der Waals surface area contributed by atoms with Crippen molar-refractivity contribution >= 4 is 17.6 Å². The maximum atomic E-state index is 12.3. The molecule has 108 valence electrons. The Morgan fingerprint density at radius 2 is 2.10 bits per heavy atom. The molecule has 1 aromatic rings. The van der Waals surface area contributed by atoms with Gasteiger partial charge in [-0.05, 0) is 37.5 Å². The number of nitrogens with zero attached hydrogens (tertiary/aromatic N) is 2. The minimum Gasteiger partial charge on any atom is -0.347 e. The smallest absolute Gasteiger partial charge is 0.322 e. The molecule has 0 aliphatic carbocycles. The summed E-state index contributed by atoms with van der Waals surface area (Å²) in [4.78, 5) is 27.6. The van der Waals surface area contributed by atoms with Crippen LogP contribution in [0.5, 0.6) is 0 Å². The second kappa shape index (κ2) is 5.94. The molecule has 3 amide bonds. The summed E-state index contributed by atoms with van der Waals surface area (Å²) < 4.78 is 0. The first-order chi connectivity index (χ1) is 9.49. The summed E-state index contributed by atoms with van der Waals surface area (Å²) >= 11 is 0. The van der Waals surface area contributed by atoms with Crippen LogP contribution in [-0.2, 0) is 4.79 Å². The van der Waals surface area contributed by atoms with Crippen LogP contribution in [0.2, 0.25) is 0 Å². The number of urea groups is 1. The van der Waals surface area contributed by atoms with E-state index in [1.54, 1.807) is 23.9 Å². The van der Waals surface area contributed by atoms with Gasteiger partial charge in [0.2, 0.25) is 5.91 Å². The molecule has 0 aromatic heterocycles. The van der Waals surface area contributed by atoms with Gasteiger partial charge in [0.1, 0.15) is 6.04 Å². The van der Waals surface area contributed by atoms with Crippen molar-refractivity contribution in [3.8, 4) is 0 Å². The van der Waals surface area contributed by atoms with E-state index in [-0.39, 0.29) is 18.0 Å². The number of carbonyl (C=O) groups is 2. The Labute approximate surface area is 119 Å². The molecule has 1 aliphatic heterocycles. The zero-order chi connectivity index (χ0) is 14.7. The maximum Gasteiger partial charge on any atom is 0.322 e. The summed E-state index contributed by atoms with van der Waals surface area (Å²) in [6.45, 7) is 2.60. The molecule has 1 aliphatic rings. The number of aryl methyl sites for hydroxylation is 1. The molecule has 0 spiro atoms. The standard InChI is InChI=1S/C15H21N3O2/c1-11-6-4-7-12(10-11)16-15(20)18-9-5-8-13(18)14(19)17(2)3/h4,6-7,10,13H,5,8-9H2,1-3H3,(H,16,20)/t13-/m0/s1. The topological polar surface area (TPSA) is 52.7 Å². The van der Waals surface area contributed by atoms with E-state index >= 15 is 0 Å². The van der Waals surface area contributed by atoms with Crippen molar-refractivity contribution in [2.24, 2.45) is 0 Å². The van der Waals surface area contributed by atoms with E-state index in [1.165, 1.54) is 0 Å². The molecule has 0 bridgehead atoms. The molecule has 0 unspecified atom stereocenters. The third-order valence-electron chi connectivity index (χ3n) is 3.51. The zero-order valence-electron chi connectivity index (χ0n) is 12.2. The van der Waals surface area contributed by atoms with E-state index in [4.69, 9.17) is 0 Å². The Morgan fingerprint density at radius 1 is 1.35 bits per heavy atom. The van der Waals surface area contributed by atoms with Crippen molar-refractivity contribution in [2.75, 3.05) is 26.0 Å². The molecule has 2 rings (SSSR count). The number of carbonyl (C=O) groups excluding carboxylic acids is 2. The van der Waals surface area contributed by atoms with Crippen LogP contribution in [0.1, 0.15) is 18.4 Å². The third kappa shape index (κ3) is 3.10. The summed E-state index contributed by atoms with van der Waals surface area (Å²) in [5.74, 6) is -0.0121. The lowest BCUT2D eigenvalue weighted by Crippen LogP contribution is -2.47. The fourth-order valence-electron chi connectivity index (χ4n) is 2.48. The first kappa shape index (κ1) is 14.4. The highest BCUT2D eigenvalue weighted by molar-refractivity contribution is 5.94. The van der Waals surface area contributed by atoms with Gasteiger partial charge in [0.25, 0.3) is 0 Å². The number of likely N-dealkylation sites (N-methyl/N-ethyl adjacent to an activating group) is 1. The van der Waals surface area contributed by atoms with Gasteiger partial charge in [-0.25, -0.2) is 4.79 Å². The molecule has 0 saturated carbocycles. The van der Waals surface area contributed by atoms with Crippen LogP contribution >= 0.6 is 0 Å². The molecule has 5 nitrogen and oxygen atoms in total. The van der Waals surface area contributed by atoms with Gasteiger partial charge in [0, 0.05) is 26.3 Å². The van der Waals surface area contributed by atoms with Crippen LogP contribution in [0.4, 0.5) is 10.5 Å². The van der Waals surface area contributed by atoms with Crippen molar-refractivity contribution in [2.45, 2.75) is 25.8 Å². The summed E-state index contributed by atoms with van der Waals surface area (Å²) in [7, 11) is 3.44. The maximum absolute atomic E-state index is 12.3. The van der Waals surface area contributed by atoms with Crippen molar-refractivity contribution in [3.05, 3.63) is 29.8 Å². The summed E-state index contributed by atoms with van der Waals surface area (Å²) in [5, 5.41) is 2.86. The predicted molar refractivity (Wildman–Crippen MR) is 78.6 cm³/mol. The Hall–Kier alpha value is -2.04. The fraction of sp³-hybridized carbons (Fsp3) is 0.467. The Balaban J connectivity index is 2.06. The molecule has 1 saturated heterocycles. The van der Waals surface area contributed by atoms with Gasteiger partial charge in [-0.2, -0.15) is 0 Å². The van der Waals surface area contributed by atoms with Crippen LogP contribution in [-0.4, -0.2) is 48.4 Å². The number of nitrogens with one attached hydrogen (secondary N) is 1. The second-order valence-electron chi connectivity index (χ2n) is 5.38. The number of benzene rings is 1. The van der Waals surface area contributed by atoms with Gasteiger partial charge in [-0.15, -0.1) is 0 Å². The zero-order valence-corrected chi connectivity index (χ0v) is 12.2. The van der Waals surface area contributed by atoms with E-state index in [0.29, 0.717) is 6.54 Å². The molecule has 1 aromatic carbocycles. The van der Waals surface area contributed by atoms with Crippen molar-refractivity contribution < 1.29 is 9.59 Å². The molecule has 5 heteroatoms. The van der Waals surface area contributed by atoms with Crippen molar-refractivity contribution in [1.29, 1.82) is 0 Å². The lowest BCUT2D eigenvalue weighted by atomic mass is 10.2. The largest absolute Gasteiger partial charge is 0.347 e. The molecule has 1 atom stereocenters. The van der Waals surface area contributed by atoms with Gasteiger partial charge in [0.05, 0.1) is 0 Å². The van der Waals surface area contributed by atoms with E-state index in [2.05, 4.69) is 5.32 Å². The fourth-order valence-corrected chi connectivity index (χ4v) is 2.48. The molecular formula is C15H21N3O2. The Kier molecular flexibility index (Phi) is 4.27. The van der Waals surface area contributed by atoms with E-state index < -0.39 is 0 Å². The van der Waals surface area contributed by atoms with Gasteiger partial charge in [0.15, 0.2) is 0 Å². The van der Waals surface area contributed by atoms with Crippen molar-refractivity contribution in [3.63, 3.8) is 0 Å². The summed E-state index contributed by atoms with van der Waals surface area (Å²) in [5.41, 5.74) is 1.85. The number of rotatable bonds is 2. The average molecular weight is 275 g/mol. The first-order valence-corrected chi connectivity index (χ1v) is 6.84. The SMILES string of the molecule is Cc1cccc(NC(=O)N2CCC[C@H]2C(=O)N(C)C)c1. The summed E-state index contributed by atoms with van der Waals surface area (Å²) in [6.07, 6.45) is 1.60. The van der Waals surface area contributed by atoms with E-state index in [9.17, 15) is 9.59 Å². The van der Waals surface area contributed by atoms with Gasteiger partial charge >= 0.3 is 6.03 Å². The number of hydrogen-bond acceptors (Lipinski definition) is 2. The van der Waals surface area contributed by atoms with Crippen molar-refractivity contribution in [1.82, 2.24) is 9.80 Å². The number of hydrogen-bond donors (Lipinski definition) is 1. The first-order valence-electron chi connectivity index (χ1n) is 6.84. The molecule has 1 heterocycles. The van der Waals surface area contributed by atoms with Gasteiger partial charge < -0.3 is 15.1 Å². The molecule has 20 heavy (non-hydrogen) atoms. The minimum absolute atomic E-state index is 0.0121. The average Bonchev–Trinajstić information content (AvgIpc) is 2.86. The highest BCUT2D eigenvalue weighted by atomic mass is 16.2. The molecule has 1 N–H and O–H groups in total. The van der Waals surface area contributed by atoms with Crippen LogP contribution in [0.15, 0.2) is 24.3 Å². The lowest BCUT2D eigenvalue weighted by Gasteiger charge is -2.26. The van der Waals surface area contributed by atoms with Gasteiger partial charge in [-0.1, -0.05) is 12.1 Å². The lowest BCUT2D eigenvalue weighted by molar-refractivity contribution is -0.132. The van der Waals surface area contributed by atoms with Crippen LogP contribution in [0.25, 0.3) is 0 Å². The highest BCUT2D eigenvalue weighted by Gasteiger charge is 2.34. The number of likely N-dealkylation sites (tertiary alicyclic amines) is 1. The predicted octanol–water partition coefficient (Wildman–Crippen LogP) is 2.08. The van der Waals surface area contributed by atoms with Crippen LogP contribution in [0, 0.1) is 6.92 Å². The second-order valence-corrected chi connectivity index (χ2v) is 5.38. The van der Waals surface area contributed by atoms with Crippen LogP contribution in [0.3, 0.4) is 0 Å². The minimum atomic E-state index is -0.338. The normalized spacial score (nSPS) is 17.9. The number of amides is 3. The molecule has 0 radical (unpaired) electrons. The monoisotopic (exact) mass is 275 g/mol. The molecular weight excluding hydrogens is 254 g/mol. The third-order valence-corrected chi connectivity index (χ3v) is 3.51. The quantitative estimate of drug-likeness (QED) is 0.898. The highest BCUT2D eigenvalue weighted by Crippen LogP contribution is 2.20. The van der Waals surface area contributed by atoms with Gasteiger partial charge in [-0.3, -0.25) is 4.79 Å².